The maximum absolute atomic E-state index is 5.95. The third-order valence-corrected chi connectivity index (χ3v) is 3.28. The van der Waals surface area contributed by atoms with Crippen molar-refractivity contribution in [1.29, 1.82) is 0 Å². The fraction of sp³-hybridized carbons (Fsp3) is 0.286. The van der Waals surface area contributed by atoms with Crippen LogP contribution in [0, 0.1) is 6.92 Å². The van der Waals surface area contributed by atoms with Gasteiger partial charge in [0.1, 0.15) is 6.33 Å². The monoisotopic (exact) mass is 241 g/mol. The van der Waals surface area contributed by atoms with E-state index in [1.54, 1.807) is 6.33 Å². The van der Waals surface area contributed by atoms with Crippen LogP contribution in [-0.4, -0.2) is 9.97 Å². The zero-order valence-corrected chi connectivity index (χ0v) is 10.3. The molecule has 4 nitrogen and oxygen atoms in total. The lowest BCUT2D eigenvalue weighted by atomic mass is 10.2. The van der Waals surface area contributed by atoms with Crippen molar-refractivity contribution in [2.45, 2.75) is 26.2 Å². The van der Waals surface area contributed by atoms with Crippen molar-refractivity contribution < 1.29 is 4.74 Å². The lowest BCUT2D eigenvalue weighted by molar-refractivity contribution is 0.454. The Hall–Kier alpha value is -2.10. The van der Waals surface area contributed by atoms with Gasteiger partial charge >= 0.3 is 0 Å². The van der Waals surface area contributed by atoms with Gasteiger partial charge in [0.25, 0.3) is 0 Å². The number of aromatic nitrogens is 2. The molecule has 0 amide bonds. The molecule has 0 bridgehead atoms. The number of anilines is 1. The molecule has 0 saturated heterocycles. The average molecular weight is 241 g/mol. The molecule has 1 aliphatic carbocycles. The third kappa shape index (κ3) is 1.79. The molecule has 0 aliphatic heterocycles. The van der Waals surface area contributed by atoms with Crippen molar-refractivity contribution in [1.82, 2.24) is 9.97 Å². The Bertz CT molecular complexity index is 575. The Morgan fingerprint density at radius 3 is 2.94 bits per heavy atom. The van der Waals surface area contributed by atoms with E-state index in [9.17, 15) is 0 Å². The van der Waals surface area contributed by atoms with Gasteiger partial charge in [0, 0.05) is 5.56 Å². The van der Waals surface area contributed by atoms with Gasteiger partial charge in [-0.05, 0) is 37.8 Å². The number of rotatable bonds is 2. The standard InChI is InChI=1S/C14H15N3O/c1-9-4-2-6-11(15)13(9)18-14-10-5-3-7-12(10)16-8-17-14/h2,4,6,8H,3,5,7,15H2,1H3. The van der Waals surface area contributed by atoms with Gasteiger partial charge in [-0.3, -0.25) is 0 Å². The summed E-state index contributed by atoms with van der Waals surface area (Å²) in [5.74, 6) is 1.35. The zero-order valence-electron chi connectivity index (χ0n) is 10.3. The van der Waals surface area contributed by atoms with Gasteiger partial charge in [0.05, 0.1) is 11.4 Å². The van der Waals surface area contributed by atoms with Crippen LogP contribution in [0.2, 0.25) is 0 Å². The van der Waals surface area contributed by atoms with E-state index in [1.807, 2.05) is 25.1 Å². The molecule has 0 atom stereocenters. The van der Waals surface area contributed by atoms with Crippen LogP contribution in [-0.2, 0) is 12.8 Å². The molecule has 3 rings (SSSR count). The quantitative estimate of drug-likeness (QED) is 0.821. The molecule has 0 unspecified atom stereocenters. The summed E-state index contributed by atoms with van der Waals surface area (Å²) in [6, 6.07) is 5.73. The summed E-state index contributed by atoms with van der Waals surface area (Å²) < 4.78 is 5.91. The number of nitrogens with zero attached hydrogens (tertiary/aromatic N) is 2. The average Bonchev–Trinajstić information content (AvgIpc) is 2.83. The second-order valence-electron chi connectivity index (χ2n) is 4.55. The number of para-hydroxylation sites is 1. The molecular weight excluding hydrogens is 226 g/mol. The van der Waals surface area contributed by atoms with Gasteiger partial charge in [0.15, 0.2) is 5.75 Å². The first-order valence-electron chi connectivity index (χ1n) is 6.11. The first-order chi connectivity index (χ1) is 8.75. The molecule has 1 aromatic carbocycles. The van der Waals surface area contributed by atoms with Crippen molar-refractivity contribution in [3.8, 4) is 11.6 Å². The van der Waals surface area contributed by atoms with Gasteiger partial charge < -0.3 is 10.5 Å². The minimum absolute atomic E-state index is 0.639. The third-order valence-electron chi connectivity index (χ3n) is 3.28. The van der Waals surface area contributed by atoms with E-state index in [2.05, 4.69) is 9.97 Å². The Kier molecular flexibility index (Phi) is 2.63. The van der Waals surface area contributed by atoms with Crippen LogP contribution in [0.5, 0.6) is 11.6 Å². The molecular formula is C14H15N3O. The van der Waals surface area contributed by atoms with Crippen molar-refractivity contribution in [2.75, 3.05) is 5.73 Å². The summed E-state index contributed by atoms with van der Waals surface area (Å²) in [7, 11) is 0. The fourth-order valence-electron chi connectivity index (χ4n) is 2.33. The molecule has 0 radical (unpaired) electrons. The van der Waals surface area contributed by atoms with Gasteiger partial charge in [-0.2, -0.15) is 0 Å². The summed E-state index contributed by atoms with van der Waals surface area (Å²) in [4.78, 5) is 8.52. The highest BCUT2D eigenvalue weighted by Crippen LogP contribution is 2.34. The molecule has 92 valence electrons. The van der Waals surface area contributed by atoms with Crippen molar-refractivity contribution in [3.63, 3.8) is 0 Å². The molecule has 0 spiro atoms. The summed E-state index contributed by atoms with van der Waals surface area (Å²) in [6.45, 7) is 1.98. The van der Waals surface area contributed by atoms with Crippen LogP contribution in [0.3, 0.4) is 0 Å². The van der Waals surface area contributed by atoms with E-state index < -0.39 is 0 Å². The van der Waals surface area contributed by atoms with Crippen molar-refractivity contribution >= 4 is 5.69 Å². The van der Waals surface area contributed by atoms with Crippen molar-refractivity contribution in [3.05, 3.63) is 41.3 Å². The van der Waals surface area contributed by atoms with E-state index in [0.717, 1.165) is 36.1 Å². The van der Waals surface area contributed by atoms with Crippen LogP contribution in [0.1, 0.15) is 23.2 Å². The maximum atomic E-state index is 5.95. The number of fused-ring (bicyclic) bond motifs is 1. The number of ether oxygens (including phenoxy) is 1. The molecule has 1 aromatic heterocycles. The highest BCUT2D eigenvalue weighted by atomic mass is 16.5. The molecule has 0 fully saturated rings. The molecule has 0 saturated carbocycles. The lowest BCUT2D eigenvalue weighted by Gasteiger charge is -2.12. The zero-order chi connectivity index (χ0) is 12.5. The topological polar surface area (TPSA) is 61.0 Å². The van der Waals surface area contributed by atoms with E-state index in [0.29, 0.717) is 17.3 Å². The Balaban J connectivity index is 2.01. The molecule has 2 N–H and O–H groups in total. The SMILES string of the molecule is Cc1cccc(N)c1Oc1ncnc2c1CCC2. The summed E-state index contributed by atoms with van der Waals surface area (Å²) in [5, 5.41) is 0. The first-order valence-corrected chi connectivity index (χ1v) is 6.11. The largest absolute Gasteiger partial charge is 0.436 e. The number of hydrogen-bond donors (Lipinski definition) is 1. The van der Waals surface area contributed by atoms with Crippen LogP contribution >= 0.6 is 0 Å². The van der Waals surface area contributed by atoms with Crippen LogP contribution in [0.4, 0.5) is 5.69 Å². The maximum Gasteiger partial charge on any atom is 0.225 e. The number of aryl methyl sites for hydroxylation is 2. The molecule has 4 heteroatoms. The smallest absolute Gasteiger partial charge is 0.225 e. The minimum Gasteiger partial charge on any atom is -0.436 e. The number of nitrogens with two attached hydrogens (primary N) is 1. The van der Waals surface area contributed by atoms with Gasteiger partial charge in [-0.15, -0.1) is 0 Å². The van der Waals surface area contributed by atoms with Crippen molar-refractivity contribution in [2.24, 2.45) is 0 Å². The Labute approximate surface area is 106 Å². The van der Waals surface area contributed by atoms with Gasteiger partial charge in [0.2, 0.25) is 5.88 Å². The molecule has 2 aromatic rings. The van der Waals surface area contributed by atoms with E-state index in [1.165, 1.54) is 0 Å². The van der Waals surface area contributed by atoms with Crippen LogP contribution in [0.25, 0.3) is 0 Å². The van der Waals surface area contributed by atoms with Gasteiger partial charge in [-0.1, -0.05) is 12.1 Å². The Morgan fingerprint density at radius 1 is 1.22 bits per heavy atom. The lowest BCUT2D eigenvalue weighted by Crippen LogP contribution is -2.00. The van der Waals surface area contributed by atoms with E-state index in [4.69, 9.17) is 10.5 Å². The highest BCUT2D eigenvalue weighted by molar-refractivity contribution is 5.57. The molecule has 1 heterocycles. The predicted molar refractivity (Wildman–Crippen MR) is 69.7 cm³/mol. The Morgan fingerprint density at radius 2 is 2.11 bits per heavy atom. The molecule has 1 aliphatic rings. The predicted octanol–water partition coefficient (Wildman–Crippen LogP) is 2.65. The number of hydrogen-bond acceptors (Lipinski definition) is 4. The highest BCUT2D eigenvalue weighted by Gasteiger charge is 2.19. The molecule has 18 heavy (non-hydrogen) atoms. The van der Waals surface area contributed by atoms with Crippen LogP contribution < -0.4 is 10.5 Å². The fourth-order valence-corrected chi connectivity index (χ4v) is 2.33. The number of benzene rings is 1. The van der Waals surface area contributed by atoms with Gasteiger partial charge in [-0.25, -0.2) is 9.97 Å². The minimum atomic E-state index is 0.639. The van der Waals surface area contributed by atoms with E-state index in [-0.39, 0.29) is 0 Å². The normalized spacial score (nSPS) is 13.4. The second kappa shape index (κ2) is 4.29. The van der Waals surface area contributed by atoms with Crippen LogP contribution in [0.15, 0.2) is 24.5 Å². The number of nitrogen functional groups attached to an aromatic ring is 1. The summed E-state index contributed by atoms with van der Waals surface area (Å²) in [5.41, 5.74) is 9.83. The summed E-state index contributed by atoms with van der Waals surface area (Å²) in [6.07, 6.45) is 4.68. The van der Waals surface area contributed by atoms with E-state index >= 15 is 0 Å². The first kappa shape index (κ1) is 11.0. The second-order valence-corrected chi connectivity index (χ2v) is 4.55. The summed E-state index contributed by atoms with van der Waals surface area (Å²) >= 11 is 0.